The van der Waals surface area contributed by atoms with Gasteiger partial charge in [-0.1, -0.05) is 12.8 Å². The minimum atomic E-state index is 0.364. The zero-order valence-corrected chi connectivity index (χ0v) is 7.18. The first-order valence-corrected chi connectivity index (χ1v) is 4.75. The maximum atomic E-state index is 8.55. The molecule has 1 atom stereocenters. The zero-order valence-electron chi connectivity index (χ0n) is 7.18. The molecule has 2 N–H and O–H groups in total. The molecule has 0 aromatic heterocycles. The minimum Gasteiger partial charge on any atom is -0.396 e. The van der Waals surface area contributed by atoms with Gasteiger partial charge in [-0.3, -0.25) is 0 Å². The topological polar surface area (TPSA) is 32.3 Å². The van der Waals surface area contributed by atoms with Crippen LogP contribution in [0.15, 0.2) is 0 Å². The van der Waals surface area contributed by atoms with Crippen LogP contribution in [0.3, 0.4) is 0 Å². The highest BCUT2D eigenvalue weighted by Crippen LogP contribution is 2.15. The van der Waals surface area contributed by atoms with E-state index < -0.39 is 0 Å². The second-order valence-corrected chi connectivity index (χ2v) is 3.43. The van der Waals surface area contributed by atoms with E-state index in [2.05, 4.69) is 5.32 Å². The van der Waals surface area contributed by atoms with Crippen LogP contribution in [-0.2, 0) is 0 Å². The molecule has 0 aromatic carbocycles. The summed E-state index contributed by atoms with van der Waals surface area (Å²) in [4.78, 5) is 0. The van der Waals surface area contributed by atoms with Gasteiger partial charge < -0.3 is 10.4 Å². The summed E-state index contributed by atoms with van der Waals surface area (Å²) in [5.41, 5.74) is 0. The molecule has 0 aromatic rings. The summed E-state index contributed by atoms with van der Waals surface area (Å²) < 4.78 is 0. The van der Waals surface area contributed by atoms with E-state index in [1.54, 1.807) is 0 Å². The molecule has 66 valence electrons. The molecule has 2 nitrogen and oxygen atoms in total. The van der Waals surface area contributed by atoms with Gasteiger partial charge in [-0.15, -0.1) is 0 Å². The lowest BCUT2D eigenvalue weighted by atomic mass is 10.0. The van der Waals surface area contributed by atoms with E-state index in [9.17, 15) is 0 Å². The Balaban J connectivity index is 1.86. The molecule has 1 fully saturated rings. The fourth-order valence-corrected chi connectivity index (χ4v) is 1.68. The van der Waals surface area contributed by atoms with Crippen molar-refractivity contribution >= 4 is 0 Å². The number of aliphatic hydroxyl groups is 1. The lowest BCUT2D eigenvalue weighted by molar-refractivity contribution is 0.281. The van der Waals surface area contributed by atoms with E-state index >= 15 is 0 Å². The van der Waals surface area contributed by atoms with Gasteiger partial charge in [0.2, 0.25) is 0 Å². The standard InChI is InChI=1S/C9H19NO/c11-7-3-1-2-4-9-5-6-10-8-9/h9-11H,1-8H2. The predicted octanol–water partition coefficient (Wildman–Crippen LogP) is 1.15. The van der Waals surface area contributed by atoms with Crippen molar-refractivity contribution in [1.82, 2.24) is 5.32 Å². The summed E-state index contributed by atoms with van der Waals surface area (Å²) >= 11 is 0. The molecule has 2 heteroatoms. The molecule has 0 aliphatic carbocycles. The highest BCUT2D eigenvalue weighted by Gasteiger charge is 2.12. The summed E-state index contributed by atoms with van der Waals surface area (Å²) in [6.45, 7) is 2.80. The Morgan fingerprint density at radius 1 is 1.27 bits per heavy atom. The van der Waals surface area contributed by atoms with Gasteiger partial charge in [0.15, 0.2) is 0 Å². The average molecular weight is 157 g/mol. The third-order valence-corrected chi connectivity index (χ3v) is 2.43. The van der Waals surface area contributed by atoms with Crippen LogP contribution in [0.2, 0.25) is 0 Å². The molecule has 0 bridgehead atoms. The molecule has 1 heterocycles. The first kappa shape index (κ1) is 9.01. The second kappa shape index (κ2) is 5.56. The molecule has 0 spiro atoms. The van der Waals surface area contributed by atoms with Gasteiger partial charge in [-0.25, -0.2) is 0 Å². The van der Waals surface area contributed by atoms with Crippen LogP contribution in [0.25, 0.3) is 0 Å². The van der Waals surface area contributed by atoms with Gasteiger partial charge in [0.1, 0.15) is 0 Å². The minimum absolute atomic E-state index is 0.364. The van der Waals surface area contributed by atoms with Gasteiger partial charge in [0, 0.05) is 6.61 Å². The molecule has 1 aliphatic rings. The fourth-order valence-electron chi connectivity index (χ4n) is 1.68. The quantitative estimate of drug-likeness (QED) is 0.587. The summed E-state index contributed by atoms with van der Waals surface area (Å²) in [6.07, 6.45) is 6.20. The third-order valence-electron chi connectivity index (χ3n) is 2.43. The van der Waals surface area contributed by atoms with E-state index in [1.807, 2.05) is 0 Å². The van der Waals surface area contributed by atoms with Crippen LogP contribution >= 0.6 is 0 Å². The zero-order chi connectivity index (χ0) is 7.94. The number of rotatable bonds is 5. The van der Waals surface area contributed by atoms with Crippen molar-refractivity contribution in [2.45, 2.75) is 32.1 Å². The monoisotopic (exact) mass is 157 g/mol. The van der Waals surface area contributed by atoms with Gasteiger partial charge in [0.05, 0.1) is 0 Å². The number of hydrogen-bond donors (Lipinski definition) is 2. The summed E-state index contributed by atoms with van der Waals surface area (Å²) in [5.74, 6) is 0.925. The lowest BCUT2D eigenvalue weighted by Gasteiger charge is -2.06. The normalized spacial score (nSPS) is 24.3. The second-order valence-electron chi connectivity index (χ2n) is 3.43. The number of nitrogens with one attached hydrogen (secondary N) is 1. The van der Waals surface area contributed by atoms with Crippen LogP contribution in [0.4, 0.5) is 0 Å². The largest absolute Gasteiger partial charge is 0.396 e. The summed E-state index contributed by atoms with van der Waals surface area (Å²) in [6, 6.07) is 0. The molecule has 1 aliphatic heterocycles. The molecule has 1 saturated heterocycles. The molecule has 0 amide bonds. The fraction of sp³-hybridized carbons (Fsp3) is 1.00. The van der Waals surface area contributed by atoms with Crippen molar-refractivity contribution < 1.29 is 5.11 Å². The first-order chi connectivity index (χ1) is 5.43. The summed E-state index contributed by atoms with van der Waals surface area (Å²) in [5, 5.41) is 11.9. The smallest absolute Gasteiger partial charge is 0.0431 e. The van der Waals surface area contributed by atoms with E-state index in [1.165, 1.54) is 38.8 Å². The maximum Gasteiger partial charge on any atom is 0.0431 e. The first-order valence-electron chi connectivity index (χ1n) is 4.75. The molecule has 0 radical (unpaired) electrons. The number of hydrogen-bond acceptors (Lipinski definition) is 2. The van der Waals surface area contributed by atoms with Crippen molar-refractivity contribution in [3.8, 4) is 0 Å². The maximum absolute atomic E-state index is 8.55. The molecule has 0 saturated carbocycles. The average Bonchev–Trinajstić information content (AvgIpc) is 2.50. The highest BCUT2D eigenvalue weighted by molar-refractivity contribution is 4.70. The molecule has 1 rings (SSSR count). The predicted molar refractivity (Wildman–Crippen MR) is 46.5 cm³/mol. The van der Waals surface area contributed by atoms with Crippen LogP contribution in [-0.4, -0.2) is 24.8 Å². The van der Waals surface area contributed by atoms with Crippen molar-refractivity contribution in [2.24, 2.45) is 5.92 Å². The SMILES string of the molecule is OCCCCCC1CCNC1. The Kier molecular flexibility index (Phi) is 4.55. The summed E-state index contributed by atoms with van der Waals surface area (Å²) in [7, 11) is 0. The lowest BCUT2D eigenvalue weighted by Crippen LogP contribution is -2.08. The highest BCUT2D eigenvalue weighted by atomic mass is 16.2. The Bertz CT molecular complexity index is 89.6. The third kappa shape index (κ3) is 3.73. The van der Waals surface area contributed by atoms with E-state index in [4.69, 9.17) is 5.11 Å². The van der Waals surface area contributed by atoms with Crippen LogP contribution in [0.1, 0.15) is 32.1 Å². The van der Waals surface area contributed by atoms with Gasteiger partial charge >= 0.3 is 0 Å². The van der Waals surface area contributed by atoms with Crippen LogP contribution in [0, 0.1) is 5.92 Å². The van der Waals surface area contributed by atoms with Crippen molar-refractivity contribution in [2.75, 3.05) is 19.7 Å². The molecular formula is C9H19NO. The number of aliphatic hydroxyl groups excluding tert-OH is 1. The van der Waals surface area contributed by atoms with Gasteiger partial charge in [-0.2, -0.15) is 0 Å². The van der Waals surface area contributed by atoms with E-state index in [0.29, 0.717) is 6.61 Å². The van der Waals surface area contributed by atoms with Crippen molar-refractivity contribution in [1.29, 1.82) is 0 Å². The Labute approximate surface area is 69.0 Å². The molecule has 11 heavy (non-hydrogen) atoms. The van der Waals surface area contributed by atoms with Gasteiger partial charge in [0.25, 0.3) is 0 Å². The van der Waals surface area contributed by atoms with Crippen LogP contribution in [0.5, 0.6) is 0 Å². The van der Waals surface area contributed by atoms with Gasteiger partial charge in [-0.05, 0) is 38.3 Å². The van der Waals surface area contributed by atoms with Crippen molar-refractivity contribution in [3.05, 3.63) is 0 Å². The Morgan fingerprint density at radius 2 is 2.18 bits per heavy atom. The van der Waals surface area contributed by atoms with E-state index in [-0.39, 0.29) is 0 Å². The molecular weight excluding hydrogens is 138 g/mol. The van der Waals surface area contributed by atoms with Crippen molar-refractivity contribution in [3.63, 3.8) is 0 Å². The van der Waals surface area contributed by atoms with Crippen LogP contribution < -0.4 is 5.32 Å². The number of unbranched alkanes of at least 4 members (excludes halogenated alkanes) is 2. The Hall–Kier alpha value is -0.0800. The Morgan fingerprint density at radius 3 is 2.82 bits per heavy atom. The molecule has 1 unspecified atom stereocenters. The van der Waals surface area contributed by atoms with E-state index in [0.717, 1.165) is 12.3 Å².